The average Bonchev–Trinajstić information content (AvgIpc) is 2.70. The summed E-state index contributed by atoms with van der Waals surface area (Å²) in [5.41, 5.74) is 0.0324. The van der Waals surface area contributed by atoms with E-state index in [-0.39, 0.29) is 23.7 Å². The minimum Gasteiger partial charge on any atom is -0.461 e. The molecular formula is C15H20O3. The molecule has 2 atom stereocenters. The van der Waals surface area contributed by atoms with E-state index < -0.39 is 5.60 Å². The molecule has 0 unspecified atom stereocenters. The summed E-state index contributed by atoms with van der Waals surface area (Å²) in [7, 11) is 0. The number of ether oxygens (including phenoxy) is 1. The summed E-state index contributed by atoms with van der Waals surface area (Å²) in [5, 5.41) is 10.0. The van der Waals surface area contributed by atoms with Gasteiger partial charge in [-0.2, -0.15) is 0 Å². The van der Waals surface area contributed by atoms with E-state index in [1.807, 2.05) is 44.2 Å². The van der Waals surface area contributed by atoms with E-state index in [0.717, 1.165) is 5.56 Å². The van der Waals surface area contributed by atoms with Crippen molar-refractivity contribution < 1.29 is 14.6 Å². The number of benzene rings is 1. The van der Waals surface area contributed by atoms with Crippen molar-refractivity contribution >= 4 is 5.97 Å². The second-order valence-corrected chi connectivity index (χ2v) is 5.77. The molecular weight excluding hydrogens is 228 g/mol. The van der Waals surface area contributed by atoms with Gasteiger partial charge < -0.3 is 9.84 Å². The van der Waals surface area contributed by atoms with Crippen molar-refractivity contribution in [2.24, 2.45) is 11.3 Å². The molecule has 0 aliphatic heterocycles. The fourth-order valence-corrected chi connectivity index (χ4v) is 2.49. The average molecular weight is 248 g/mol. The number of rotatable bonds is 4. The van der Waals surface area contributed by atoms with Crippen LogP contribution >= 0.6 is 0 Å². The van der Waals surface area contributed by atoms with Crippen molar-refractivity contribution in [3.8, 4) is 0 Å². The summed E-state index contributed by atoms with van der Waals surface area (Å²) in [6.07, 6.45) is 0.285. The van der Waals surface area contributed by atoms with Crippen LogP contribution < -0.4 is 0 Å². The van der Waals surface area contributed by atoms with Crippen LogP contribution in [0.2, 0.25) is 0 Å². The first kappa shape index (κ1) is 13.1. The van der Waals surface area contributed by atoms with Crippen molar-refractivity contribution in [1.29, 1.82) is 0 Å². The van der Waals surface area contributed by atoms with Crippen LogP contribution in [0, 0.1) is 11.3 Å². The molecule has 0 saturated heterocycles. The van der Waals surface area contributed by atoms with Crippen LogP contribution in [-0.4, -0.2) is 16.7 Å². The first-order chi connectivity index (χ1) is 8.35. The fraction of sp³-hybridized carbons (Fsp3) is 0.533. The van der Waals surface area contributed by atoms with Gasteiger partial charge in [-0.3, -0.25) is 4.79 Å². The summed E-state index contributed by atoms with van der Waals surface area (Å²) >= 11 is 0. The van der Waals surface area contributed by atoms with E-state index >= 15 is 0 Å². The molecule has 1 N–H and O–H groups in total. The van der Waals surface area contributed by atoms with Gasteiger partial charge in [-0.1, -0.05) is 44.2 Å². The highest BCUT2D eigenvalue weighted by Crippen LogP contribution is 2.62. The molecule has 3 nitrogen and oxygen atoms in total. The standard InChI is InChI=1S/C15H20O3/c1-14(2)12(15(14,3)17)9-13(16)18-10-11-7-5-4-6-8-11/h4-8,12,17H,9-10H2,1-3H3/t12-,15+/m1/s1. The molecule has 0 aromatic heterocycles. The predicted molar refractivity (Wildman–Crippen MR) is 68.7 cm³/mol. The molecule has 0 amide bonds. The molecule has 0 bridgehead atoms. The van der Waals surface area contributed by atoms with Crippen LogP contribution in [0.3, 0.4) is 0 Å². The van der Waals surface area contributed by atoms with Crippen LogP contribution in [0.25, 0.3) is 0 Å². The Balaban J connectivity index is 1.81. The summed E-state index contributed by atoms with van der Waals surface area (Å²) in [6, 6.07) is 9.60. The third-order valence-electron chi connectivity index (χ3n) is 4.38. The Morgan fingerprint density at radius 1 is 1.28 bits per heavy atom. The highest BCUT2D eigenvalue weighted by molar-refractivity contribution is 5.71. The van der Waals surface area contributed by atoms with E-state index in [9.17, 15) is 9.90 Å². The lowest BCUT2D eigenvalue weighted by Gasteiger charge is -2.05. The number of esters is 1. The minimum absolute atomic E-state index is 0.00623. The van der Waals surface area contributed by atoms with Crippen LogP contribution in [0.15, 0.2) is 30.3 Å². The topological polar surface area (TPSA) is 46.5 Å². The lowest BCUT2D eigenvalue weighted by Crippen LogP contribution is -2.11. The zero-order chi connectivity index (χ0) is 13.4. The molecule has 1 aromatic carbocycles. The van der Waals surface area contributed by atoms with Gasteiger partial charge in [0.25, 0.3) is 0 Å². The van der Waals surface area contributed by atoms with Crippen molar-refractivity contribution in [3.63, 3.8) is 0 Å². The van der Waals surface area contributed by atoms with Gasteiger partial charge in [0.15, 0.2) is 0 Å². The van der Waals surface area contributed by atoms with Crippen LogP contribution in [0.4, 0.5) is 0 Å². The van der Waals surface area contributed by atoms with Gasteiger partial charge in [0, 0.05) is 5.92 Å². The SMILES string of the molecule is CC1(C)[C@@H](CC(=O)OCc2ccccc2)[C@]1(C)O. The molecule has 1 saturated carbocycles. The number of aliphatic hydroxyl groups is 1. The molecule has 0 heterocycles. The fourth-order valence-electron chi connectivity index (χ4n) is 2.49. The van der Waals surface area contributed by atoms with Gasteiger partial charge in [0.05, 0.1) is 12.0 Å². The Morgan fingerprint density at radius 2 is 1.83 bits per heavy atom. The van der Waals surface area contributed by atoms with Crippen LogP contribution in [-0.2, 0) is 16.1 Å². The molecule has 0 spiro atoms. The van der Waals surface area contributed by atoms with Crippen molar-refractivity contribution in [1.82, 2.24) is 0 Å². The Labute approximate surface area is 108 Å². The minimum atomic E-state index is -0.751. The maximum absolute atomic E-state index is 11.7. The highest BCUT2D eigenvalue weighted by Gasteiger charge is 2.67. The third-order valence-corrected chi connectivity index (χ3v) is 4.38. The third kappa shape index (κ3) is 2.27. The lowest BCUT2D eigenvalue weighted by atomic mass is 10.1. The van der Waals surface area contributed by atoms with Crippen LogP contribution in [0.5, 0.6) is 0 Å². The Hall–Kier alpha value is -1.35. The monoisotopic (exact) mass is 248 g/mol. The lowest BCUT2D eigenvalue weighted by molar-refractivity contribution is -0.145. The molecule has 1 aliphatic rings. The van der Waals surface area contributed by atoms with Crippen molar-refractivity contribution in [3.05, 3.63) is 35.9 Å². The molecule has 98 valence electrons. The number of hydrogen-bond donors (Lipinski definition) is 1. The molecule has 0 radical (unpaired) electrons. The van der Waals surface area contributed by atoms with Gasteiger partial charge in [-0.05, 0) is 17.9 Å². The molecule has 3 heteroatoms. The van der Waals surface area contributed by atoms with Gasteiger partial charge in [-0.15, -0.1) is 0 Å². The van der Waals surface area contributed by atoms with Gasteiger partial charge in [-0.25, -0.2) is 0 Å². The zero-order valence-electron chi connectivity index (χ0n) is 11.1. The Kier molecular flexibility index (Phi) is 3.20. The molecule has 1 aliphatic carbocycles. The normalized spacial score (nSPS) is 28.8. The smallest absolute Gasteiger partial charge is 0.306 e. The van der Waals surface area contributed by atoms with E-state index in [1.54, 1.807) is 6.92 Å². The number of hydrogen-bond acceptors (Lipinski definition) is 3. The largest absolute Gasteiger partial charge is 0.461 e. The maximum atomic E-state index is 11.7. The van der Waals surface area contributed by atoms with E-state index in [0.29, 0.717) is 6.61 Å². The van der Waals surface area contributed by atoms with Gasteiger partial charge in [0.1, 0.15) is 6.61 Å². The summed E-state index contributed by atoms with van der Waals surface area (Å²) in [6.45, 7) is 6.03. The second kappa shape index (κ2) is 4.39. The van der Waals surface area contributed by atoms with Crippen molar-refractivity contribution in [2.45, 2.75) is 39.4 Å². The summed E-state index contributed by atoms with van der Waals surface area (Å²) in [5.74, 6) is -0.247. The number of carbonyl (C=O) groups is 1. The second-order valence-electron chi connectivity index (χ2n) is 5.77. The predicted octanol–water partition coefficient (Wildman–Crippen LogP) is 2.53. The molecule has 18 heavy (non-hydrogen) atoms. The summed E-state index contributed by atoms with van der Waals surface area (Å²) in [4.78, 5) is 11.7. The first-order valence-corrected chi connectivity index (χ1v) is 6.27. The molecule has 1 fully saturated rings. The van der Waals surface area contributed by atoms with E-state index in [4.69, 9.17) is 4.74 Å². The molecule has 1 aromatic rings. The van der Waals surface area contributed by atoms with Gasteiger partial charge >= 0.3 is 5.97 Å². The Bertz CT molecular complexity index is 420. The number of carbonyl (C=O) groups excluding carboxylic acids is 1. The first-order valence-electron chi connectivity index (χ1n) is 6.27. The maximum Gasteiger partial charge on any atom is 0.306 e. The summed E-state index contributed by atoms with van der Waals surface area (Å²) < 4.78 is 5.22. The van der Waals surface area contributed by atoms with Crippen LogP contribution in [0.1, 0.15) is 32.8 Å². The zero-order valence-corrected chi connectivity index (χ0v) is 11.1. The quantitative estimate of drug-likeness (QED) is 0.833. The van der Waals surface area contributed by atoms with E-state index in [1.165, 1.54) is 0 Å². The van der Waals surface area contributed by atoms with Crippen molar-refractivity contribution in [2.75, 3.05) is 0 Å². The highest BCUT2D eigenvalue weighted by atomic mass is 16.5. The molecule has 2 rings (SSSR count). The van der Waals surface area contributed by atoms with E-state index in [2.05, 4.69) is 0 Å². The Morgan fingerprint density at radius 3 is 2.33 bits per heavy atom. The van der Waals surface area contributed by atoms with Gasteiger partial charge in [0.2, 0.25) is 0 Å².